The Balaban J connectivity index is 2.17. The van der Waals surface area contributed by atoms with E-state index in [-0.39, 0.29) is 6.04 Å². The van der Waals surface area contributed by atoms with Gasteiger partial charge in [-0.25, -0.2) is 8.78 Å². The molecule has 2 rings (SSSR count). The first-order valence-electron chi connectivity index (χ1n) is 7.96. The lowest BCUT2D eigenvalue weighted by Crippen LogP contribution is -2.40. The van der Waals surface area contributed by atoms with Crippen LogP contribution in [-0.2, 0) is 0 Å². The highest BCUT2D eigenvalue weighted by Gasteiger charge is 2.30. The first-order valence-corrected chi connectivity index (χ1v) is 7.96. The molecule has 2 atom stereocenters. The van der Waals surface area contributed by atoms with Gasteiger partial charge in [0.2, 0.25) is 0 Å². The van der Waals surface area contributed by atoms with E-state index in [1.165, 1.54) is 18.9 Å². The molecule has 0 aliphatic carbocycles. The van der Waals surface area contributed by atoms with Crippen molar-refractivity contribution < 1.29 is 8.78 Å². The average molecular weight is 296 g/mol. The van der Waals surface area contributed by atoms with Crippen LogP contribution >= 0.6 is 0 Å². The quantitative estimate of drug-likeness (QED) is 0.860. The van der Waals surface area contributed by atoms with Gasteiger partial charge in [-0.15, -0.1) is 0 Å². The van der Waals surface area contributed by atoms with Gasteiger partial charge in [-0.3, -0.25) is 4.90 Å². The van der Waals surface area contributed by atoms with Gasteiger partial charge < -0.3 is 5.32 Å². The lowest BCUT2D eigenvalue weighted by Gasteiger charge is -2.31. The third-order valence-corrected chi connectivity index (χ3v) is 4.41. The highest BCUT2D eigenvalue weighted by molar-refractivity contribution is 5.23. The van der Waals surface area contributed by atoms with Gasteiger partial charge in [0.1, 0.15) is 0 Å². The summed E-state index contributed by atoms with van der Waals surface area (Å²) in [5, 5.41) is 3.30. The topological polar surface area (TPSA) is 15.3 Å². The second-order valence-electron chi connectivity index (χ2n) is 6.20. The molecule has 0 radical (unpaired) electrons. The molecule has 1 saturated heterocycles. The van der Waals surface area contributed by atoms with Crippen molar-refractivity contribution in [2.24, 2.45) is 5.92 Å². The minimum atomic E-state index is -0.766. The summed E-state index contributed by atoms with van der Waals surface area (Å²) in [6.45, 7) is 8.97. The first kappa shape index (κ1) is 16.4. The second kappa shape index (κ2) is 7.32. The molecule has 2 nitrogen and oxygen atoms in total. The van der Waals surface area contributed by atoms with Crippen molar-refractivity contribution in [2.45, 2.75) is 45.7 Å². The van der Waals surface area contributed by atoms with Crippen LogP contribution < -0.4 is 5.32 Å². The van der Waals surface area contributed by atoms with Gasteiger partial charge in [0, 0.05) is 24.2 Å². The molecule has 0 spiro atoms. The molecule has 1 N–H and O–H groups in total. The van der Waals surface area contributed by atoms with Crippen molar-refractivity contribution in [3.05, 3.63) is 35.4 Å². The van der Waals surface area contributed by atoms with Gasteiger partial charge in [0.05, 0.1) is 0 Å². The molecule has 1 aromatic carbocycles. The largest absolute Gasteiger partial charge is 0.309 e. The molecule has 0 amide bonds. The van der Waals surface area contributed by atoms with E-state index < -0.39 is 11.6 Å². The zero-order valence-electron chi connectivity index (χ0n) is 13.2. The van der Waals surface area contributed by atoms with Crippen LogP contribution in [0.4, 0.5) is 8.78 Å². The molecule has 0 saturated carbocycles. The van der Waals surface area contributed by atoms with Crippen LogP contribution in [0.2, 0.25) is 0 Å². The summed E-state index contributed by atoms with van der Waals surface area (Å²) < 4.78 is 27.6. The second-order valence-corrected chi connectivity index (χ2v) is 6.20. The summed E-state index contributed by atoms with van der Waals surface area (Å²) in [5.41, 5.74) is 0.436. The summed E-state index contributed by atoms with van der Waals surface area (Å²) in [7, 11) is 0. The van der Waals surface area contributed by atoms with E-state index in [0.29, 0.717) is 17.5 Å². The smallest absolute Gasteiger partial charge is 0.163 e. The highest BCUT2D eigenvalue weighted by atomic mass is 19.2. The molecule has 2 unspecified atom stereocenters. The Hall–Kier alpha value is -1.00. The highest BCUT2D eigenvalue weighted by Crippen LogP contribution is 2.27. The number of halogens is 2. The van der Waals surface area contributed by atoms with E-state index in [1.807, 2.05) is 6.92 Å². The number of benzene rings is 1. The van der Waals surface area contributed by atoms with Gasteiger partial charge in [-0.1, -0.05) is 32.9 Å². The van der Waals surface area contributed by atoms with Gasteiger partial charge >= 0.3 is 0 Å². The van der Waals surface area contributed by atoms with Crippen molar-refractivity contribution in [1.29, 1.82) is 0 Å². The van der Waals surface area contributed by atoms with Crippen LogP contribution in [0.1, 0.15) is 45.2 Å². The third kappa shape index (κ3) is 3.80. The van der Waals surface area contributed by atoms with Crippen LogP contribution in [0.15, 0.2) is 18.2 Å². The standard InChI is InChI=1S/C17H26F2N2/c1-4-20-15(13-7-5-8-14(18)17(13)19)11-21-10-6-9-16(21)12(2)3/h5,7-8,12,15-16,20H,4,6,9-11H2,1-3H3. The lowest BCUT2D eigenvalue weighted by molar-refractivity contribution is 0.185. The molecule has 1 aliphatic heterocycles. The van der Waals surface area contributed by atoms with Crippen LogP contribution in [0.3, 0.4) is 0 Å². The summed E-state index contributed by atoms with van der Waals surface area (Å²) >= 11 is 0. The Labute approximate surface area is 126 Å². The van der Waals surface area contributed by atoms with E-state index in [0.717, 1.165) is 19.6 Å². The van der Waals surface area contributed by atoms with Crippen LogP contribution in [-0.4, -0.2) is 30.6 Å². The number of likely N-dealkylation sites (tertiary alicyclic amines) is 1. The van der Waals surface area contributed by atoms with E-state index >= 15 is 0 Å². The van der Waals surface area contributed by atoms with Gasteiger partial charge in [0.25, 0.3) is 0 Å². The molecular weight excluding hydrogens is 270 g/mol. The molecule has 1 aliphatic rings. The van der Waals surface area contributed by atoms with E-state index in [2.05, 4.69) is 24.1 Å². The Kier molecular flexibility index (Phi) is 5.71. The Morgan fingerprint density at radius 2 is 2.10 bits per heavy atom. The minimum Gasteiger partial charge on any atom is -0.309 e. The normalized spacial score (nSPS) is 21.1. The lowest BCUT2D eigenvalue weighted by atomic mass is 10.00. The van der Waals surface area contributed by atoms with Gasteiger partial charge in [0.15, 0.2) is 11.6 Å². The number of likely N-dealkylation sites (N-methyl/N-ethyl adjacent to an activating group) is 1. The predicted molar refractivity (Wildman–Crippen MR) is 82.2 cm³/mol. The van der Waals surface area contributed by atoms with Crippen molar-refractivity contribution in [3.63, 3.8) is 0 Å². The SMILES string of the molecule is CCNC(CN1CCCC1C(C)C)c1cccc(F)c1F. The molecule has 0 bridgehead atoms. The van der Waals surface area contributed by atoms with Crippen LogP contribution in [0.5, 0.6) is 0 Å². The van der Waals surface area contributed by atoms with Crippen molar-refractivity contribution in [3.8, 4) is 0 Å². The van der Waals surface area contributed by atoms with Crippen molar-refractivity contribution in [2.75, 3.05) is 19.6 Å². The van der Waals surface area contributed by atoms with Gasteiger partial charge in [-0.05, 0) is 37.9 Å². The number of hydrogen-bond acceptors (Lipinski definition) is 2. The number of hydrogen-bond donors (Lipinski definition) is 1. The fraction of sp³-hybridized carbons (Fsp3) is 0.647. The molecular formula is C17H26F2N2. The molecule has 1 fully saturated rings. The van der Waals surface area contributed by atoms with Crippen molar-refractivity contribution in [1.82, 2.24) is 10.2 Å². The summed E-state index contributed by atoms with van der Waals surface area (Å²) in [6, 6.07) is 4.83. The Morgan fingerprint density at radius 1 is 1.33 bits per heavy atom. The fourth-order valence-corrected chi connectivity index (χ4v) is 3.38. The van der Waals surface area contributed by atoms with Crippen LogP contribution in [0, 0.1) is 17.6 Å². The third-order valence-electron chi connectivity index (χ3n) is 4.41. The molecule has 118 valence electrons. The summed E-state index contributed by atoms with van der Waals surface area (Å²) in [5.74, 6) is -0.895. The molecule has 4 heteroatoms. The van der Waals surface area contributed by atoms with Gasteiger partial charge in [-0.2, -0.15) is 0 Å². The van der Waals surface area contributed by atoms with Crippen molar-refractivity contribution >= 4 is 0 Å². The average Bonchev–Trinajstić information content (AvgIpc) is 2.90. The van der Waals surface area contributed by atoms with Crippen LogP contribution in [0.25, 0.3) is 0 Å². The Morgan fingerprint density at radius 3 is 2.76 bits per heavy atom. The monoisotopic (exact) mass is 296 g/mol. The van der Waals surface area contributed by atoms with E-state index in [9.17, 15) is 8.78 Å². The van der Waals surface area contributed by atoms with E-state index in [4.69, 9.17) is 0 Å². The number of nitrogens with zero attached hydrogens (tertiary/aromatic N) is 1. The molecule has 1 heterocycles. The molecule has 1 aromatic rings. The maximum Gasteiger partial charge on any atom is 0.163 e. The Bertz CT molecular complexity index is 462. The maximum atomic E-state index is 14.1. The zero-order chi connectivity index (χ0) is 15.4. The fourth-order valence-electron chi connectivity index (χ4n) is 3.38. The predicted octanol–water partition coefficient (Wildman–Crippen LogP) is 3.74. The molecule has 0 aromatic heterocycles. The summed E-state index contributed by atoms with van der Waals surface area (Å²) in [6.07, 6.45) is 2.38. The summed E-state index contributed by atoms with van der Waals surface area (Å²) in [4.78, 5) is 2.42. The number of rotatable bonds is 6. The maximum absolute atomic E-state index is 14.1. The van der Waals surface area contributed by atoms with E-state index in [1.54, 1.807) is 12.1 Å². The first-order chi connectivity index (χ1) is 10.0. The molecule has 21 heavy (non-hydrogen) atoms. The number of nitrogens with one attached hydrogen (secondary N) is 1. The zero-order valence-corrected chi connectivity index (χ0v) is 13.2. The minimum absolute atomic E-state index is 0.162.